The van der Waals surface area contributed by atoms with Crippen molar-refractivity contribution < 1.29 is 14.9 Å². The summed E-state index contributed by atoms with van der Waals surface area (Å²) in [7, 11) is 0. The molecule has 0 unspecified atom stereocenters. The first-order valence-corrected chi connectivity index (χ1v) is 8.68. The van der Waals surface area contributed by atoms with Crippen LogP contribution in [0.15, 0.2) is 18.2 Å². The molecule has 2 amide bonds. The monoisotopic (exact) mass is 356 g/mol. The fourth-order valence-corrected chi connectivity index (χ4v) is 3.97. The lowest BCUT2D eigenvalue weighted by Gasteiger charge is -2.37. The first-order valence-electron chi connectivity index (χ1n) is 7.92. The van der Waals surface area contributed by atoms with Gasteiger partial charge in [-0.3, -0.25) is 9.59 Å². The number of anilines is 1. The Hall–Kier alpha value is -1.30. The Bertz CT molecular complexity index is 603. The van der Waals surface area contributed by atoms with Crippen molar-refractivity contribution in [3.63, 3.8) is 0 Å². The Labute approximate surface area is 145 Å². The lowest BCUT2D eigenvalue weighted by molar-refractivity contribution is -0.718. The minimum atomic E-state index is -0.371. The van der Waals surface area contributed by atoms with Gasteiger partial charge in [0.1, 0.15) is 6.04 Å². The van der Waals surface area contributed by atoms with Crippen molar-refractivity contribution in [2.24, 2.45) is 0 Å². The molecule has 0 spiro atoms. The molecule has 2 aliphatic rings. The molecule has 1 aromatic carbocycles. The highest BCUT2D eigenvalue weighted by atomic mass is 35.5. The van der Waals surface area contributed by atoms with Crippen LogP contribution in [0.3, 0.4) is 0 Å². The second-order valence-corrected chi connectivity index (χ2v) is 7.15. The molecule has 0 radical (unpaired) electrons. The van der Waals surface area contributed by atoms with Crippen LogP contribution in [0.25, 0.3) is 0 Å². The number of rotatable bonds is 3. The third kappa shape index (κ3) is 4.16. The summed E-state index contributed by atoms with van der Waals surface area (Å²) in [6.45, 7) is 0. The molecular weight excluding hydrogens is 337 g/mol. The molecule has 5 nitrogen and oxygen atoms in total. The van der Waals surface area contributed by atoms with Crippen LogP contribution in [0.4, 0.5) is 5.69 Å². The van der Waals surface area contributed by atoms with E-state index in [0.717, 1.165) is 19.3 Å². The van der Waals surface area contributed by atoms with E-state index >= 15 is 0 Å². The molecule has 0 bridgehead atoms. The van der Waals surface area contributed by atoms with Crippen LogP contribution in [-0.2, 0) is 9.59 Å². The van der Waals surface area contributed by atoms with Gasteiger partial charge in [-0.15, -0.1) is 0 Å². The van der Waals surface area contributed by atoms with Crippen molar-refractivity contribution in [1.82, 2.24) is 5.32 Å². The standard InChI is InChI=1S/C16H19Cl2N3O2/c17-9-5-10(18)7-11(6-9)19-15(22)8-14-16(23)21-13-4-2-1-3-12(13)20-14/h5-7,12-14,20H,1-4,8H2,(H,19,22)(H,21,23)/p+1/t12-,13+,14-/m0/s1. The summed E-state index contributed by atoms with van der Waals surface area (Å²) in [4.78, 5) is 24.4. The van der Waals surface area contributed by atoms with Crippen LogP contribution in [0.1, 0.15) is 32.1 Å². The highest BCUT2D eigenvalue weighted by Crippen LogP contribution is 2.23. The molecule has 23 heavy (non-hydrogen) atoms. The maximum absolute atomic E-state index is 12.2. The third-order valence-corrected chi connectivity index (χ3v) is 4.95. The summed E-state index contributed by atoms with van der Waals surface area (Å²) in [6.07, 6.45) is 4.61. The summed E-state index contributed by atoms with van der Waals surface area (Å²) in [5, 5.41) is 8.80. The van der Waals surface area contributed by atoms with E-state index in [0.29, 0.717) is 21.8 Å². The molecule has 1 heterocycles. The fraction of sp³-hybridized carbons (Fsp3) is 0.500. The highest BCUT2D eigenvalue weighted by Gasteiger charge is 2.40. The summed E-state index contributed by atoms with van der Waals surface area (Å²) < 4.78 is 0. The number of amides is 2. The van der Waals surface area contributed by atoms with E-state index < -0.39 is 0 Å². The van der Waals surface area contributed by atoms with Gasteiger partial charge < -0.3 is 16.0 Å². The van der Waals surface area contributed by atoms with Gasteiger partial charge in [0.25, 0.3) is 5.91 Å². The van der Waals surface area contributed by atoms with Crippen molar-refractivity contribution in [2.45, 2.75) is 50.2 Å². The zero-order valence-corrected chi connectivity index (χ0v) is 14.2. The molecule has 124 valence electrons. The van der Waals surface area contributed by atoms with E-state index in [1.807, 2.05) is 0 Å². The Morgan fingerprint density at radius 1 is 1.22 bits per heavy atom. The quantitative estimate of drug-likeness (QED) is 0.770. The third-order valence-electron chi connectivity index (χ3n) is 4.51. The number of halogens is 2. The van der Waals surface area contributed by atoms with Crippen LogP contribution in [0.2, 0.25) is 10.0 Å². The topological polar surface area (TPSA) is 74.8 Å². The average Bonchev–Trinajstić information content (AvgIpc) is 2.46. The molecular formula is C16H20Cl2N3O2+. The number of fused-ring (bicyclic) bond motifs is 1. The summed E-state index contributed by atoms with van der Waals surface area (Å²) in [5.74, 6) is -0.263. The molecule has 1 saturated heterocycles. The summed E-state index contributed by atoms with van der Waals surface area (Å²) >= 11 is 11.8. The van der Waals surface area contributed by atoms with Crippen LogP contribution in [0.5, 0.6) is 0 Å². The van der Waals surface area contributed by atoms with Gasteiger partial charge in [-0.25, -0.2) is 0 Å². The molecule has 0 aromatic heterocycles. The SMILES string of the molecule is O=C(C[C@@H]1[NH2+][C@H]2CCCC[C@H]2NC1=O)Nc1cc(Cl)cc(Cl)c1. The molecule has 3 atom stereocenters. The minimum absolute atomic E-state index is 0.0487. The maximum Gasteiger partial charge on any atom is 0.279 e. The van der Waals surface area contributed by atoms with Crippen molar-refractivity contribution >= 4 is 40.7 Å². The molecule has 3 rings (SSSR count). The van der Waals surface area contributed by atoms with Crippen molar-refractivity contribution in [3.05, 3.63) is 28.2 Å². The lowest BCUT2D eigenvalue weighted by Crippen LogP contribution is -3.03. The molecule has 1 aromatic rings. The van der Waals surface area contributed by atoms with Gasteiger partial charge in [-0.05, 0) is 31.0 Å². The fourth-order valence-electron chi connectivity index (χ4n) is 3.44. The van der Waals surface area contributed by atoms with Gasteiger partial charge >= 0.3 is 0 Å². The van der Waals surface area contributed by atoms with Crippen molar-refractivity contribution in [2.75, 3.05) is 5.32 Å². The Kier molecular flexibility index (Phi) is 5.09. The number of hydrogen-bond donors (Lipinski definition) is 3. The normalized spacial score (nSPS) is 27.0. The number of nitrogens with two attached hydrogens (primary N) is 1. The highest BCUT2D eigenvalue weighted by molar-refractivity contribution is 6.35. The maximum atomic E-state index is 12.2. The second kappa shape index (κ2) is 7.07. The van der Waals surface area contributed by atoms with E-state index in [4.69, 9.17) is 23.2 Å². The van der Waals surface area contributed by atoms with Crippen LogP contribution in [0, 0.1) is 0 Å². The molecule has 7 heteroatoms. The van der Waals surface area contributed by atoms with Gasteiger partial charge in [0.2, 0.25) is 5.91 Å². The Balaban J connectivity index is 1.59. The van der Waals surface area contributed by atoms with Gasteiger partial charge in [0, 0.05) is 22.2 Å². The largest absolute Gasteiger partial charge is 0.342 e. The lowest BCUT2D eigenvalue weighted by atomic mass is 9.87. The van der Waals surface area contributed by atoms with E-state index in [-0.39, 0.29) is 30.3 Å². The zero-order valence-electron chi connectivity index (χ0n) is 12.6. The first kappa shape index (κ1) is 16.6. The van der Waals surface area contributed by atoms with Gasteiger partial charge in [-0.1, -0.05) is 29.6 Å². The molecule has 2 fully saturated rings. The molecule has 4 N–H and O–H groups in total. The number of carbonyl (C=O) groups excluding carboxylic acids is 2. The number of carbonyl (C=O) groups is 2. The number of nitrogens with one attached hydrogen (secondary N) is 2. The van der Waals surface area contributed by atoms with Crippen LogP contribution in [-0.4, -0.2) is 29.9 Å². The average molecular weight is 357 g/mol. The number of piperazine rings is 1. The number of quaternary nitrogens is 1. The summed E-state index contributed by atoms with van der Waals surface area (Å²) in [5.41, 5.74) is 0.541. The zero-order chi connectivity index (χ0) is 16.4. The van der Waals surface area contributed by atoms with E-state index in [9.17, 15) is 9.59 Å². The number of benzene rings is 1. The van der Waals surface area contributed by atoms with Crippen LogP contribution < -0.4 is 16.0 Å². The van der Waals surface area contributed by atoms with Gasteiger partial charge in [0.05, 0.1) is 12.5 Å². The predicted octanol–water partition coefficient (Wildman–Crippen LogP) is 1.69. The Morgan fingerprint density at radius 2 is 1.91 bits per heavy atom. The number of hydrogen-bond acceptors (Lipinski definition) is 2. The van der Waals surface area contributed by atoms with E-state index in [1.165, 1.54) is 6.42 Å². The van der Waals surface area contributed by atoms with Crippen molar-refractivity contribution in [3.8, 4) is 0 Å². The smallest absolute Gasteiger partial charge is 0.279 e. The molecule has 1 saturated carbocycles. The molecule has 1 aliphatic carbocycles. The molecule has 1 aliphatic heterocycles. The summed E-state index contributed by atoms with van der Waals surface area (Å²) in [6, 6.07) is 5.14. The second-order valence-electron chi connectivity index (χ2n) is 6.27. The van der Waals surface area contributed by atoms with E-state index in [2.05, 4.69) is 16.0 Å². The Morgan fingerprint density at radius 3 is 2.65 bits per heavy atom. The minimum Gasteiger partial charge on any atom is -0.342 e. The van der Waals surface area contributed by atoms with Crippen LogP contribution >= 0.6 is 23.2 Å². The van der Waals surface area contributed by atoms with Gasteiger partial charge in [0.15, 0.2) is 6.04 Å². The predicted molar refractivity (Wildman–Crippen MR) is 89.6 cm³/mol. The first-order chi connectivity index (χ1) is 11.0. The van der Waals surface area contributed by atoms with E-state index in [1.54, 1.807) is 18.2 Å². The van der Waals surface area contributed by atoms with Crippen molar-refractivity contribution in [1.29, 1.82) is 0 Å². The van der Waals surface area contributed by atoms with Gasteiger partial charge in [-0.2, -0.15) is 0 Å².